The number of benzene rings is 1. The minimum absolute atomic E-state index is 0.768. The minimum atomic E-state index is 0.768. The van der Waals surface area contributed by atoms with Crippen LogP contribution < -0.4 is 4.90 Å². The highest BCUT2D eigenvalue weighted by atomic mass is 16.5. The molecular weight excluding hydrogens is 406 g/mol. The molecule has 1 aliphatic carbocycles. The molecule has 2 fully saturated rings. The first-order valence-electron chi connectivity index (χ1n) is 12.9. The molecule has 0 N–H and O–H groups in total. The molecule has 0 spiro atoms. The zero-order chi connectivity index (χ0) is 23.2. The highest BCUT2D eigenvalue weighted by molar-refractivity contribution is 5.95. The Hall–Kier alpha value is -2.33. The summed E-state index contributed by atoms with van der Waals surface area (Å²) in [6.45, 7) is 7.81. The Morgan fingerprint density at radius 1 is 1.18 bits per heavy atom. The van der Waals surface area contributed by atoms with E-state index in [1.807, 2.05) is 0 Å². The molecule has 0 bridgehead atoms. The number of likely N-dealkylation sites (tertiary alicyclic amines) is 1. The molecule has 0 atom stereocenters. The third kappa shape index (κ3) is 6.17. The number of hydrogen-bond acceptors (Lipinski definition) is 4. The summed E-state index contributed by atoms with van der Waals surface area (Å²) >= 11 is 0. The lowest BCUT2D eigenvalue weighted by Gasteiger charge is -2.32. The van der Waals surface area contributed by atoms with Gasteiger partial charge in [-0.15, -0.1) is 0 Å². The van der Waals surface area contributed by atoms with E-state index in [2.05, 4.69) is 85.4 Å². The third-order valence-corrected chi connectivity index (χ3v) is 7.09. The first-order valence-corrected chi connectivity index (χ1v) is 12.9. The molecule has 0 radical (unpaired) electrons. The molecule has 1 saturated heterocycles. The fraction of sp³-hybridized carbons (Fsp3) is 0.552. The predicted molar refractivity (Wildman–Crippen MR) is 141 cm³/mol. The molecule has 33 heavy (non-hydrogen) atoms. The molecule has 1 aliphatic heterocycles. The van der Waals surface area contributed by atoms with Crippen molar-refractivity contribution >= 4 is 22.7 Å². The van der Waals surface area contributed by atoms with Gasteiger partial charge in [-0.25, -0.2) is 0 Å². The molecule has 0 amide bonds. The molecule has 4 heteroatoms. The number of aryl methyl sites for hydroxylation is 1. The predicted octanol–water partition coefficient (Wildman–Crippen LogP) is 6.87. The van der Waals surface area contributed by atoms with Gasteiger partial charge in [0.05, 0.1) is 11.4 Å². The van der Waals surface area contributed by atoms with Gasteiger partial charge < -0.3 is 9.42 Å². The number of aromatic nitrogens is 1. The molecule has 4 nitrogen and oxygen atoms in total. The van der Waals surface area contributed by atoms with E-state index in [0.717, 1.165) is 48.2 Å². The molecule has 178 valence electrons. The average molecular weight is 448 g/mol. The fourth-order valence-electron chi connectivity index (χ4n) is 5.05. The van der Waals surface area contributed by atoms with Crippen molar-refractivity contribution in [1.82, 2.24) is 10.1 Å². The SMILES string of the molecule is C/C=C\C(=C/CC)CN1CCC(CCc2noc3c(N(C)C)c(/C=C/C4CC4)ccc23)CC1. The van der Waals surface area contributed by atoms with Crippen LogP contribution in [0, 0.1) is 11.8 Å². The summed E-state index contributed by atoms with van der Waals surface area (Å²) in [5, 5.41) is 5.70. The van der Waals surface area contributed by atoms with Crippen LogP contribution in [0.4, 0.5) is 5.69 Å². The number of fused-ring (bicyclic) bond motifs is 1. The topological polar surface area (TPSA) is 32.5 Å². The van der Waals surface area contributed by atoms with Crippen molar-refractivity contribution in [2.24, 2.45) is 11.8 Å². The molecule has 1 aromatic heterocycles. The van der Waals surface area contributed by atoms with Crippen LogP contribution in [0.5, 0.6) is 0 Å². The first-order chi connectivity index (χ1) is 16.1. The maximum atomic E-state index is 5.90. The maximum absolute atomic E-state index is 5.90. The van der Waals surface area contributed by atoms with Crippen LogP contribution in [0.2, 0.25) is 0 Å². The van der Waals surface area contributed by atoms with Crippen molar-refractivity contribution in [3.63, 3.8) is 0 Å². The lowest BCUT2D eigenvalue weighted by Crippen LogP contribution is -2.35. The van der Waals surface area contributed by atoms with E-state index in [1.54, 1.807) is 0 Å². The van der Waals surface area contributed by atoms with Crippen LogP contribution in [0.3, 0.4) is 0 Å². The molecule has 2 aliphatic rings. The van der Waals surface area contributed by atoms with Crippen LogP contribution in [0.1, 0.15) is 63.6 Å². The highest BCUT2D eigenvalue weighted by Crippen LogP contribution is 2.36. The van der Waals surface area contributed by atoms with Crippen molar-refractivity contribution in [1.29, 1.82) is 0 Å². The fourth-order valence-corrected chi connectivity index (χ4v) is 5.05. The van der Waals surface area contributed by atoms with E-state index in [1.165, 1.54) is 61.7 Å². The lowest BCUT2D eigenvalue weighted by molar-refractivity contribution is 0.192. The summed E-state index contributed by atoms with van der Waals surface area (Å²) in [4.78, 5) is 4.78. The van der Waals surface area contributed by atoms with Crippen molar-refractivity contribution < 1.29 is 4.52 Å². The number of anilines is 1. The number of allylic oxidation sites excluding steroid dienone is 3. The zero-order valence-corrected chi connectivity index (χ0v) is 21.0. The Morgan fingerprint density at radius 3 is 2.64 bits per heavy atom. The highest BCUT2D eigenvalue weighted by Gasteiger charge is 2.22. The molecule has 2 heterocycles. The largest absolute Gasteiger partial charge is 0.374 e. The van der Waals surface area contributed by atoms with Crippen LogP contribution in [-0.4, -0.2) is 43.8 Å². The second-order valence-electron chi connectivity index (χ2n) is 10.0. The summed E-state index contributed by atoms with van der Waals surface area (Å²) in [5.41, 5.74) is 5.88. The normalized spacial score (nSPS) is 18.8. The van der Waals surface area contributed by atoms with E-state index in [0.29, 0.717) is 0 Å². The molecule has 1 aromatic carbocycles. The zero-order valence-electron chi connectivity index (χ0n) is 21.0. The monoisotopic (exact) mass is 447 g/mol. The van der Waals surface area contributed by atoms with Gasteiger partial charge in [0.15, 0.2) is 5.58 Å². The van der Waals surface area contributed by atoms with E-state index >= 15 is 0 Å². The van der Waals surface area contributed by atoms with Gasteiger partial charge in [-0.1, -0.05) is 48.5 Å². The Balaban J connectivity index is 1.36. The smallest absolute Gasteiger partial charge is 0.190 e. The second-order valence-corrected chi connectivity index (χ2v) is 10.0. The molecule has 2 aromatic rings. The summed E-state index contributed by atoms with van der Waals surface area (Å²) < 4.78 is 5.90. The molecule has 4 rings (SSSR count). The Morgan fingerprint density at radius 2 is 1.97 bits per heavy atom. The van der Waals surface area contributed by atoms with Crippen molar-refractivity contribution in [3.05, 3.63) is 53.3 Å². The van der Waals surface area contributed by atoms with Gasteiger partial charge in [0, 0.05) is 31.6 Å². The summed E-state index contributed by atoms with van der Waals surface area (Å²) in [6, 6.07) is 4.45. The Bertz CT molecular complexity index is 1000. The summed E-state index contributed by atoms with van der Waals surface area (Å²) in [5.74, 6) is 1.55. The van der Waals surface area contributed by atoms with Crippen molar-refractivity contribution in [2.75, 3.05) is 38.6 Å². The first kappa shape index (κ1) is 23.8. The van der Waals surface area contributed by atoms with Gasteiger partial charge in [0.25, 0.3) is 0 Å². The summed E-state index contributed by atoms with van der Waals surface area (Å²) in [7, 11) is 4.19. The van der Waals surface area contributed by atoms with E-state index < -0.39 is 0 Å². The number of nitrogens with zero attached hydrogens (tertiary/aromatic N) is 3. The molecular formula is C29H41N3O. The number of rotatable bonds is 10. The number of piperidine rings is 1. The van der Waals surface area contributed by atoms with Gasteiger partial charge in [-0.2, -0.15) is 0 Å². The lowest BCUT2D eigenvalue weighted by atomic mass is 9.90. The third-order valence-electron chi connectivity index (χ3n) is 7.09. The second kappa shape index (κ2) is 11.2. The summed E-state index contributed by atoms with van der Waals surface area (Å²) in [6.07, 6.45) is 19.9. The van der Waals surface area contributed by atoms with E-state index in [9.17, 15) is 0 Å². The Kier molecular flexibility index (Phi) is 8.08. The van der Waals surface area contributed by atoms with Gasteiger partial charge in [0.2, 0.25) is 0 Å². The average Bonchev–Trinajstić information content (AvgIpc) is 3.55. The van der Waals surface area contributed by atoms with E-state index in [-0.39, 0.29) is 0 Å². The number of hydrogen-bond donors (Lipinski definition) is 0. The minimum Gasteiger partial charge on any atom is -0.374 e. The molecule has 0 unspecified atom stereocenters. The van der Waals surface area contributed by atoms with Crippen molar-refractivity contribution in [3.8, 4) is 0 Å². The van der Waals surface area contributed by atoms with Gasteiger partial charge >= 0.3 is 0 Å². The van der Waals surface area contributed by atoms with Crippen LogP contribution >= 0.6 is 0 Å². The quantitative estimate of drug-likeness (QED) is 0.372. The van der Waals surface area contributed by atoms with Gasteiger partial charge in [-0.05, 0) is 88.4 Å². The molecule has 1 saturated carbocycles. The van der Waals surface area contributed by atoms with Crippen LogP contribution in [0.25, 0.3) is 17.0 Å². The standard InChI is InChI=1S/C29H41N3O/c1-5-7-24(8-6-2)21-32-19-17-23(18-20-32)12-16-27-26-15-14-25(13-11-22-9-10-22)28(31(3)4)29(26)33-30-27/h5,7-8,11,13-15,22-23H,6,9-10,12,16-21H2,1-4H3/b7-5-,13-11+,24-8+. The van der Waals surface area contributed by atoms with Gasteiger partial charge in [0.1, 0.15) is 0 Å². The van der Waals surface area contributed by atoms with E-state index in [4.69, 9.17) is 4.52 Å². The Labute approximate surface area is 200 Å². The van der Waals surface area contributed by atoms with Crippen LogP contribution in [0.15, 0.2) is 46.5 Å². The van der Waals surface area contributed by atoms with Gasteiger partial charge in [-0.3, -0.25) is 4.90 Å². The van der Waals surface area contributed by atoms with Crippen LogP contribution in [-0.2, 0) is 6.42 Å². The maximum Gasteiger partial charge on any atom is 0.190 e. The van der Waals surface area contributed by atoms with Crippen molar-refractivity contribution in [2.45, 2.75) is 58.8 Å².